The summed E-state index contributed by atoms with van der Waals surface area (Å²) in [6.45, 7) is 5.19. The van der Waals surface area contributed by atoms with Gasteiger partial charge in [-0.25, -0.2) is 9.48 Å². The maximum absolute atomic E-state index is 13.2. The molecule has 8 nitrogen and oxygen atoms in total. The van der Waals surface area contributed by atoms with E-state index in [1.807, 2.05) is 19.1 Å². The van der Waals surface area contributed by atoms with Gasteiger partial charge in [0.25, 0.3) is 0 Å². The number of hydrogen-bond donors (Lipinski definition) is 1. The first-order valence-electron chi connectivity index (χ1n) is 12.3. The molecule has 0 saturated carbocycles. The Morgan fingerprint density at radius 1 is 0.857 bits per heavy atom. The quantitative estimate of drug-likeness (QED) is 0.193. The predicted octanol–water partition coefficient (Wildman–Crippen LogP) is 7.85. The molecule has 0 atom stereocenters. The molecule has 0 aliphatic heterocycles. The summed E-state index contributed by atoms with van der Waals surface area (Å²) in [6.07, 6.45) is 0. The molecule has 1 N–H and O–H groups in total. The number of carbonyl (C=O) groups is 3. The van der Waals surface area contributed by atoms with Crippen molar-refractivity contribution in [3.63, 3.8) is 0 Å². The van der Waals surface area contributed by atoms with Crippen molar-refractivity contribution in [1.29, 1.82) is 0 Å². The van der Waals surface area contributed by atoms with Crippen LogP contribution in [-0.2, 0) is 7.05 Å². The third-order valence-corrected chi connectivity index (χ3v) is 7.66. The first kappa shape index (κ1) is 32.9. The maximum Gasteiger partial charge on any atom is 0.341 e. The number of hydrogen-bond acceptors (Lipinski definition) is 6. The van der Waals surface area contributed by atoms with Crippen LogP contribution in [0.4, 0.5) is 0 Å². The lowest BCUT2D eigenvalue weighted by Gasteiger charge is -2.11. The molecule has 0 radical (unpaired) electrons. The molecule has 4 rings (SSSR count). The van der Waals surface area contributed by atoms with E-state index in [1.54, 1.807) is 45.2 Å². The normalized spacial score (nSPS) is 10.5. The smallest absolute Gasteiger partial charge is 0.341 e. The van der Waals surface area contributed by atoms with Gasteiger partial charge in [0, 0.05) is 23.2 Å². The van der Waals surface area contributed by atoms with Crippen molar-refractivity contribution in [2.24, 2.45) is 7.05 Å². The van der Waals surface area contributed by atoms with Gasteiger partial charge >= 0.3 is 5.97 Å². The van der Waals surface area contributed by atoms with Crippen LogP contribution >= 0.6 is 46.4 Å². The minimum Gasteiger partial charge on any atom is -0.494 e. The second-order valence-corrected chi connectivity index (χ2v) is 10.7. The first-order valence-corrected chi connectivity index (χ1v) is 13.8. The zero-order valence-corrected chi connectivity index (χ0v) is 26.2. The Hall–Kier alpha value is -3.56. The molecule has 0 aliphatic carbocycles. The number of ketones is 2. The fourth-order valence-electron chi connectivity index (χ4n) is 3.92. The number of carboxylic acids is 1. The molecule has 0 fully saturated rings. The van der Waals surface area contributed by atoms with Gasteiger partial charge in [0.15, 0.2) is 18.1 Å². The van der Waals surface area contributed by atoms with Crippen molar-refractivity contribution >= 4 is 63.9 Å². The number of rotatable bonds is 8. The molecule has 4 aromatic rings. The van der Waals surface area contributed by atoms with E-state index in [0.717, 1.165) is 5.56 Å². The molecule has 1 aromatic heterocycles. The van der Waals surface area contributed by atoms with Gasteiger partial charge in [-0.2, -0.15) is 5.10 Å². The summed E-state index contributed by atoms with van der Waals surface area (Å²) in [5, 5.41) is 14.2. The van der Waals surface area contributed by atoms with E-state index in [4.69, 9.17) is 61.0 Å². The van der Waals surface area contributed by atoms with Gasteiger partial charge in [-0.05, 0) is 50.6 Å². The van der Waals surface area contributed by atoms with Crippen LogP contribution in [0, 0.1) is 20.8 Å². The number of aromatic carboxylic acids is 1. The van der Waals surface area contributed by atoms with Crippen molar-refractivity contribution in [3.05, 3.63) is 108 Å². The summed E-state index contributed by atoms with van der Waals surface area (Å²) < 4.78 is 12.0. The Kier molecular flexibility index (Phi) is 11.0. The molecule has 0 amide bonds. The van der Waals surface area contributed by atoms with E-state index in [9.17, 15) is 14.4 Å². The van der Waals surface area contributed by atoms with Crippen molar-refractivity contribution in [3.8, 4) is 11.6 Å². The van der Waals surface area contributed by atoms with Gasteiger partial charge in [0.2, 0.25) is 11.7 Å². The van der Waals surface area contributed by atoms with Gasteiger partial charge in [-0.15, -0.1) is 0 Å². The number of nitrogens with zero attached hydrogens (tertiary/aromatic N) is 2. The van der Waals surface area contributed by atoms with E-state index in [0.29, 0.717) is 27.4 Å². The van der Waals surface area contributed by atoms with E-state index < -0.39 is 5.97 Å². The monoisotopic (exact) mass is 650 g/mol. The van der Waals surface area contributed by atoms with E-state index >= 15 is 0 Å². The summed E-state index contributed by atoms with van der Waals surface area (Å²) in [5.74, 6) is -1.39. The number of benzene rings is 3. The Morgan fingerprint density at radius 2 is 1.45 bits per heavy atom. The summed E-state index contributed by atoms with van der Waals surface area (Å²) in [4.78, 5) is 36.4. The Labute approximate surface area is 262 Å². The highest BCUT2D eigenvalue weighted by molar-refractivity contribution is 6.39. The second kappa shape index (κ2) is 14.1. The third kappa shape index (κ3) is 7.25. The molecule has 0 saturated heterocycles. The van der Waals surface area contributed by atoms with Gasteiger partial charge in [0.05, 0.1) is 27.9 Å². The van der Waals surface area contributed by atoms with E-state index in [1.165, 1.54) is 23.9 Å². The van der Waals surface area contributed by atoms with Crippen LogP contribution in [0.5, 0.6) is 11.6 Å². The number of ether oxygens (including phenoxy) is 2. The maximum atomic E-state index is 13.2. The zero-order chi connectivity index (χ0) is 31.3. The number of Topliss-reactive ketones (excluding diaryl/α,β-unsaturated/α-hetero) is 1. The Balaban J connectivity index is 0.000000312. The second-order valence-electron chi connectivity index (χ2n) is 9.07. The molecule has 12 heteroatoms. The summed E-state index contributed by atoms with van der Waals surface area (Å²) in [7, 11) is 2.99. The molecule has 1 heterocycles. The summed E-state index contributed by atoms with van der Waals surface area (Å²) >= 11 is 23.8. The number of carbonyl (C=O) groups excluding carboxylic acids is 2. The van der Waals surface area contributed by atoms with Crippen molar-refractivity contribution in [2.45, 2.75) is 20.8 Å². The highest BCUT2D eigenvalue weighted by Gasteiger charge is 2.26. The van der Waals surface area contributed by atoms with Crippen LogP contribution in [0.3, 0.4) is 0 Å². The SMILES string of the molecule is COc1c(Cl)ccc(Cl)c1C(=O)O.Cc1ccc(C(=O)COc2c(C(=O)c3ccc(Cl)c(C)c3Cl)c(C)nn2C)cc1. The number of aromatic nitrogens is 2. The number of carboxylic acid groups (broad SMARTS) is 1. The topological polar surface area (TPSA) is 108 Å². The van der Waals surface area contributed by atoms with Crippen LogP contribution in [0.2, 0.25) is 20.1 Å². The number of halogens is 4. The highest BCUT2D eigenvalue weighted by atomic mass is 35.5. The molecular formula is C30H26Cl4N2O6. The number of aryl methyl sites for hydroxylation is 3. The lowest BCUT2D eigenvalue weighted by atomic mass is 10.0. The van der Waals surface area contributed by atoms with Gasteiger partial charge in [-0.3, -0.25) is 9.59 Å². The van der Waals surface area contributed by atoms with Crippen molar-refractivity contribution < 1.29 is 29.0 Å². The first-order chi connectivity index (χ1) is 19.8. The lowest BCUT2D eigenvalue weighted by molar-refractivity contribution is 0.0693. The van der Waals surface area contributed by atoms with Gasteiger partial charge in [0.1, 0.15) is 11.1 Å². The highest BCUT2D eigenvalue weighted by Crippen LogP contribution is 2.34. The summed E-state index contributed by atoms with van der Waals surface area (Å²) in [6, 6.07) is 13.3. The van der Waals surface area contributed by atoms with Crippen LogP contribution in [-0.4, -0.2) is 46.1 Å². The average molecular weight is 652 g/mol. The van der Waals surface area contributed by atoms with Crippen LogP contribution in [0.1, 0.15) is 53.5 Å². The minimum atomic E-state index is -1.16. The predicted molar refractivity (Wildman–Crippen MR) is 164 cm³/mol. The fourth-order valence-corrected chi connectivity index (χ4v) is 4.85. The van der Waals surface area contributed by atoms with E-state index in [2.05, 4.69) is 5.10 Å². The Morgan fingerprint density at radius 3 is 2.02 bits per heavy atom. The molecule has 0 unspecified atom stereocenters. The minimum absolute atomic E-state index is 0.0849. The third-order valence-electron chi connectivity index (χ3n) is 6.15. The van der Waals surface area contributed by atoms with E-state index in [-0.39, 0.29) is 56.0 Å². The fraction of sp³-hybridized carbons (Fsp3) is 0.200. The standard InChI is InChI=1S/C22H20Cl2N2O3.C8H6Cl2O3/c1-12-5-7-15(8-6-12)18(27)11-29-22-19(14(3)25-26(22)4)21(28)16-9-10-17(23)13(2)20(16)24;1-13-7-5(10)3-2-4(9)6(7)8(11)12/h5-10H,11H2,1-4H3;2-3H,1H3,(H,11,12). The molecule has 0 aliphatic rings. The van der Waals surface area contributed by atoms with Gasteiger partial charge in [-0.1, -0.05) is 76.2 Å². The van der Waals surface area contributed by atoms with Crippen molar-refractivity contribution in [2.75, 3.05) is 13.7 Å². The van der Waals surface area contributed by atoms with Gasteiger partial charge < -0.3 is 14.6 Å². The molecule has 0 bridgehead atoms. The summed E-state index contributed by atoms with van der Waals surface area (Å²) in [5.41, 5.74) is 3.17. The van der Waals surface area contributed by atoms with Crippen LogP contribution in [0.25, 0.3) is 0 Å². The Bertz CT molecular complexity index is 1670. The largest absolute Gasteiger partial charge is 0.494 e. The molecule has 0 spiro atoms. The number of methoxy groups -OCH3 is 1. The van der Waals surface area contributed by atoms with Crippen LogP contribution < -0.4 is 9.47 Å². The molecule has 220 valence electrons. The molecule has 42 heavy (non-hydrogen) atoms. The van der Waals surface area contributed by atoms with Crippen LogP contribution in [0.15, 0.2) is 48.5 Å². The van der Waals surface area contributed by atoms with Crippen molar-refractivity contribution in [1.82, 2.24) is 9.78 Å². The average Bonchev–Trinajstić information content (AvgIpc) is 3.23. The zero-order valence-electron chi connectivity index (χ0n) is 23.2. The molecule has 3 aromatic carbocycles. The lowest BCUT2D eigenvalue weighted by Crippen LogP contribution is -2.15. The molecular weight excluding hydrogens is 626 g/mol.